The van der Waals surface area contributed by atoms with E-state index >= 15 is 0 Å². The fraction of sp³-hybridized carbons (Fsp3) is 0.294. The number of hydrogen-bond acceptors (Lipinski definition) is 5. The molecular formula is C17H20O5. The number of aromatic hydroxyl groups is 1. The largest absolute Gasteiger partial charge is 0.507 e. The summed E-state index contributed by atoms with van der Waals surface area (Å²) >= 11 is 0. The molecule has 0 saturated carbocycles. The highest BCUT2D eigenvalue weighted by Gasteiger charge is 2.11. The van der Waals surface area contributed by atoms with Gasteiger partial charge in [0.25, 0.3) is 0 Å². The highest BCUT2D eigenvalue weighted by Crippen LogP contribution is 2.33. The first-order chi connectivity index (χ1) is 10.6. The van der Waals surface area contributed by atoms with Crippen LogP contribution in [0, 0.1) is 6.92 Å². The van der Waals surface area contributed by atoms with Crippen molar-refractivity contribution in [3.05, 3.63) is 47.0 Å². The van der Waals surface area contributed by atoms with E-state index in [9.17, 15) is 10.2 Å². The molecule has 22 heavy (non-hydrogen) atoms. The third-order valence-corrected chi connectivity index (χ3v) is 3.29. The third kappa shape index (κ3) is 3.69. The number of phenols is 1. The third-order valence-electron chi connectivity index (χ3n) is 3.29. The molecule has 5 heteroatoms. The van der Waals surface area contributed by atoms with Crippen molar-refractivity contribution in [1.82, 2.24) is 0 Å². The van der Waals surface area contributed by atoms with Crippen molar-refractivity contribution >= 4 is 0 Å². The van der Waals surface area contributed by atoms with E-state index in [1.807, 2.05) is 19.1 Å². The minimum atomic E-state index is -0.307. The molecule has 2 aromatic rings. The van der Waals surface area contributed by atoms with Crippen LogP contribution in [0.4, 0.5) is 0 Å². The molecule has 0 bridgehead atoms. The van der Waals surface area contributed by atoms with Crippen LogP contribution >= 0.6 is 0 Å². The number of aliphatic hydroxyl groups is 2. The van der Waals surface area contributed by atoms with Gasteiger partial charge in [0.2, 0.25) is 0 Å². The zero-order chi connectivity index (χ0) is 16.1. The van der Waals surface area contributed by atoms with Crippen LogP contribution in [0.1, 0.15) is 16.7 Å². The maximum atomic E-state index is 9.99. The van der Waals surface area contributed by atoms with E-state index in [2.05, 4.69) is 0 Å². The van der Waals surface area contributed by atoms with E-state index in [4.69, 9.17) is 14.6 Å². The maximum Gasteiger partial charge on any atom is 0.131 e. The average molecular weight is 304 g/mol. The molecule has 0 saturated heterocycles. The van der Waals surface area contributed by atoms with Gasteiger partial charge in [-0.05, 0) is 43.2 Å². The molecule has 2 rings (SSSR count). The minimum Gasteiger partial charge on any atom is -0.507 e. The van der Waals surface area contributed by atoms with Crippen LogP contribution in [-0.2, 0) is 13.0 Å². The van der Waals surface area contributed by atoms with Gasteiger partial charge in [-0.15, -0.1) is 0 Å². The summed E-state index contributed by atoms with van der Waals surface area (Å²) in [4.78, 5) is 0. The Morgan fingerprint density at radius 2 is 1.55 bits per heavy atom. The van der Waals surface area contributed by atoms with Gasteiger partial charge in [0.15, 0.2) is 0 Å². The second-order valence-electron chi connectivity index (χ2n) is 5.01. The summed E-state index contributed by atoms with van der Waals surface area (Å²) in [5, 5.41) is 28.4. The molecule has 0 spiro atoms. The topological polar surface area (TPSA) is 79.2 Å². The van der Waals surface area contributed by atoms with Crippen molar-refractivity contribution < 1.29 is 24.8 Å². The monoisotopic (exact) mass is 304 g/mol. The van der Waals surface area contributed by atoms with Crippen molar-refractivity contribution in [2.45, 2.75) is 20.0 Å². The van der Waals surface area contributed by atoms with E-state index in [1.54, 1.807) is 25.3 Å². The van der Waals surface area contributed by atoms with E-state index < -0.39 is 0 Å². The number of ether oxygens (including phenoxy) is 2. The van der Waals surface area contributed by atoms with Gasteiger partial charge >= 0.3 is 0 Å². The number of rotatable bonds is 6. The SMILES string of the molecule is COc1cc(C)cc(Oc2cc(CO)c(O)c(CCO)c2)c1. The van der Waals surface area contributed by atoms with Crippen LogP contribution in [0.15, 0.2) is 30.3 Å². The molecule has 0 aliphatic heterocycles. The summed E-state index contributed by atoms with van der Waals surface area (Å²) in [7, 11) is 1.59. The Bertz CT molecular complexity index is 652. The summed E-state index contributed by atoms with van der Waals surface area (Å²) in [6, 6.07) is 8.73. The molecule has 0 aromatic heterocycles. The molecule has 0 atom stereocenters. The second-order valence-corrected chi connectivity index (χ2v) is 5.01. The van der Waals surface area contributed by atoms with Crippen LogP contribution in [-0.4, -0.2) is 29.0 Å². The van der Waals surface area contributed by atoms with E-state index in [-0.39, 0.29) is 25.4 Å². The van der Waals surface area contributed by atoms with Gasteiger partial charge in [0.05, 0.1) is 13.7 Å². The van der Waals surface area contributed by atoms with Crippen LogP contribution in [0.5, 0.6) is 23.0 Å². The Morgan fingerprint density at radius 3 is 2.18 bits per heavy atom. The number of aliphatic hydroxyl groups excluding tert-OH is 2. The molecule has 0 fully saturated rings. The first kappa shape index (κ1) is 16.1. The predicted molar refractivity (Wildman–Crippen MR) is 82.6 cm³/mol. The zero-order valence-electron chi connectivity index (χ0n) is 12.7. The quantitative estimate of drug-likeness (QED) is 0.764. The fourth-order valence-corrected chi connectivity index (χ4v) is 2.25. The van der Waals surface area contributed by atoms with Crippen LogP contribution < -0.4 is 9.47 Å². The molecule has 118 valence electrons. The lowest BCUT2D eigenvalue weighted by molar-refractivity contribution is 0.272. The normalized spacial score (nSPS) is 10.5. The van der Waals surface area contributed by atoms with Crippen LogP contribution in [0.25, 0.3) is 0 Å². The van der Waals surface area contributed by atoms with Gasteiger partial charge in [0.1, 0.15) is 23.0 Å². The zero-order valence-corrected chi connectivity index (χ0v) is 12.7. The van der Waals surface area contributed by atoms with Gasteiger partial charge < -0.3 is 24.8 Å². The Morgan fingerprint density at radius 1 is 0.909 bits per heavy atom. The molecule has 0 radical (unpaired) electrons. The van der Waals surface area contributed by atoms with Crippen LogP contribution in [0.3, 0.4) is 0 Å². The molecule has 0 heterocycles. The molecule has 0 amide bonds. The predicted octanol–water partition coefficient (Wildman–Crippen LogP) is 2.53. The minimum absolute atomic E-state index is 0.00859. The number of methoxy groups -OCH3 is 1. The summed E-state index contributed by atoms with van der Waals surface area (Å²) in [6.07, 6.45) is 0.285. The molecule has 0 unspecified atom stereocenters. The first-order valence-electron chi connectivity index (χ1n) is 6.97. The standard InChI is InChI=1S/C17H20O5/c1-11-5-14(21-2)9-15(6-11)22-16-7-12(3-4-18)17(20)13(8-16)10-19/h5-9,18-20H,3-4,10H2,1-2H3. The number of hydrogen-bond donors (Lipinski definition) is 3. The van der Waals surface area contributed by atoms with E-state index in [1.165, 1.54) is 0 Å². The lowest BCUT2D eigenvalue weighted by Crippen LogP contribution is -1.97. The molecule has 0 aliphatic rings. The van der Waals surface area contributed by atoms with Crippen molar-refractivity contribution in [1.29, 1.82) is 0 Å². The van der Waals surface area contributed by atoms with Gasteiger partial charge in [-0.25, -0.2) is 0 Å². The van der Waals surface area contributed by atoms with Crippen molar-refractivity contribution in [3.63, 3.8) is 0 Å². The van der Waals surface area contributed by atoms with Crippen molar-refractivity contribution in [2.24, 2.45) is 0 Å². The highest BCUT2D eigenvalue weighted by molar-refractivity contribution is 5.48. The average Bonchev–Trinajstić information content (AvgIpc) is 2.49. The summed E-state index contributed by atoms with van der Waals surface area (Å²) in [6.45, 7) is 1.53. The molecule has 0 aliphatic carbocycles. The molecule has 2 aromatic carbocycles. The lowest BCUT2D eigenvalue weighted by Gasteiger charge is -2.13. The molecular weight excluding hydrogens is 284 g/mol. The molecule has 5 nitrogen and oxygen atoms in total. The summed E-state index contributed by atoms with van der Waals surface area (Å²) < 4.78 is 11.0. The van der Waals surface area contributed by atoms with Gasteiger partial charge in [-0.1, -0.05) is 0 Å². The number of aryl methyl sites for hydroxylation is 1. The maximum absolute atomic E-state index is 9.99. The van der Waals surface area contributed by atoms with Crippen LogP contribution in [0.2, 0.25) is 0 Å². The fourth-order valence-electron chi connectivity index (χ4n) is 2.25. The van der Waals surface area contributed by atoms with E-state index in [0.29, 0.717) is 28.4 Å². The van der Waals surface area contributed by atoms with E-state index in [0.717, 1.165) is 5.56 Å². The van der Waals surface area contributed by atoms with Crippen molar-refractivity contribution in [2.75, 3.05) is 13.7 Å². The second kappa shape index (κ2) is 7.15. The number of benzene rings is 2. The van der Waals surface area contributed by atoms with Gasteiger partial charge in [0, 0.05) is 23.8 Å². The van der Waals surface area contributed by atoms with Gasteiger partial charge in [-0.3, -0.25) is 0 Å². The Hall–Kier alpha value is -2.24. The Labute approximate surface area is 129 Å². The first-order valence-corrected chi connectivity index (χ1v) is 6.97. The summed E-state index contributed by atoms with van der Waals surface area (Å²) in [5.74, 6) is 1.76. The van der Waals surface area contributed by atoms with Crippen molar-refractivity contribution in [3.8, 4) is 23.0 Å². The molecule has 3 N–H and O–H groups in total. The Kier molecular flexibility index (Phi) is 5.25. The smallest absolute Gasteiger partial charge is 0.131 e. The Balaban J connectivity index is 2.36. The highest BCUT2D eigenvalue weighted by atomic mass is 16.5. The lowest BCUT2D eigenvalue weighted by atomic mass is 10.1. The van der Waals surface area contributed by atoms with Gasteiger partial charge in [-0.2, -0.15) is 0 Å². The summed E-state index contributed by atoms with van der Waals surface area (Å²) in [5.41, 5.74) is 1.88.